The van der Waals surface area contributed by atoms with Gasteiger partial charge in [0.25, 0.3) is 5.91 Å². The van der Waals surface area contributed by atoms with Crippen molar-refractivity contribution in [3.8, 4) is 5.69 Å². The van der Waals surface area contributed by atoms with Crippen molar-refractivity contribution in [3.63, 3.8) is 0 Å². The van der Waals surface area contributed by atoms with Crippen LogP contribution in [0.2, 0.25) is 0 Å². The average molecular weight is 412 g/mol. The van der Waals surface area contributed by atoms with Crippen molar-refractivity contribution < 1.29 is 19.5 Å². The van der Waals surface area contributed by atoms with Gasteiger partial charge in [0.05, 0.1) is 5.56 Å². The molecule has 0 saturated carbocycles. The molecule has 0 aliphatic heterocycles. The number of hydrogen-bond acceptors (Lipinski definition) is 4. The van der Waals surface area contributed by atoms with Crippen molar-refractivity contribution in [2.45, 2.75) is 53.5 Å². The van der Waals surface area contributed by atoms with E-state index < -0.39 is 17.9 Å². The molecule has 30 heavy (non-hydrogen) atoms. The number of nitrogens with one attached hydrogen (secondary N) is 1. The Morgan fingerprint density at radius 2 is 1.87 bits per heavy atom. The number of amides is 1. The number of nitrogens with two attached hydrogens (primary N) is 1. The van der Waals surface area contributed by atoms with Crippen LogP contribution < -0.4 is 11.1 Å². The Kier molecular flexibility index (Phi) is 5.50. The number of aryl methyl sites for hydroxylation is 1. The van der Waals surface area contributed by atoms with Gasteiger partial charge in [0.15, 0.2) is 5.78 Å². The fraction of sp³-hybridized carbons (Fsp3) is 0.435. The molecule has 0 saturated heterocycles. The second-order valence-electron chi connectivity index (χ2n) is 9.22. The van der Waals surface area contributed by atoms with Crippen molar-refractivity contribution in [1.82, 2.24) is 4.57 Å². The van der Waals surface area contributed by atoms with Crippen molar-refractivity contribution >= 4 is 23.3 Å². The van der Waals surface area contributed by atoms with Crippen molar-refractivity contribution in [2.75, 3.05) is 5.32 Å². The standard InChI is InChI=1S/C23H29N3O4/c1-12(2)20(22(29)30)25-17-9-14(6-7-15(17)21(24)28)26-13(3)8-16-18(26)10-23(4,5)11-19(16)27/h6-9,12,20,25H,10-11H2,1-5H3,(H2,24,28)(H,29,30)/t20-/m0/s1. The summed E-state index contributed by atoms with van der Waals surface area (Å²) < 4.78 is 2.01. The number of aromatic nitrogens is 1. The maximum atomic E-state index is 12.7. The lowest BCUT2D eigenvalue weighted by atomic mass is 9.76. The molecule has 0 bridgehead atoms. The maximum absolute atomic E-state index is 12.7. The van der Waals surface area contributed by atoms with E-state index in [9.17, 15) is 19.5 Å². The number of nitrogens with zero attached hydrogens (tertiary/aromatic N) is 1. The van der Waals surface area contributed by atoms with Gasteiger partial charge in [-0.05, 0) is 48.9 Å². The second-order valence-corrected chi connectivity index (χ2v) is 9.22. The molecule has 3 rings (SSSR count). The van der Waals surface area contributed by atoms with Crippen molar-refractivity contribution in [1.29, 1.82) is 0 Å². The highest BCUT2D eigenvalue weighted by atomic mass is 16.4. The Morgan fingerprint density at radius 1 is 1.20 bits per heavy atom. The minimum absolute atomic E-state index is 0.126. The Bertz CT molecular complexity index is 1030. The van der Waals surface area contributed by atoms with E-state index >= 15 is 0 Å². The van der Waals surface area contributed by atoms with E-state index in [4.69, 9.17) is 5.73 Å². The summed E-state index contributed by atoms with van der Waals surface area (Å²) in [6.45, 7) is 9.66. The number of ketones is 1. The monoisotopic (exact) mass is 411 g/mol. The first-order chi connectivity index (χ1) is 13.9. The first-order valence-electron chi connectivity index (χ1n) is 10.1. The van der Waals surface area contributed by atoms with Crippen LogP contribution in [0.1, 0.15) is 66.2 Å². The first-order valence-corrected chi connectivity index (χ1v) is 10.1. The molecular weight excluding hydrogens is 382 g/mol. The van der Waals surface area contributed by atoms with E-state index in [2.05, 4.69) is 19.2 Å². The molecule has 1 atom stereocenters. The molecule has 7 nitrogen and oxygen atoms in total. The molecule has 0 unspecified atom stereocenters. The molecule has 1 aliphatic carbocycles. The van der Waals surface area contributed by atoms with Gasteiger partial charge in [-0.2, -0.15) is 0 Å². The predicted molar refractivity (Wildman–Crippen MR) is 115 cm³/mol. The fourth-order valence-corrected chi connectivity index (χ4v) is 4.20. The lowest BCUT2D eigenvalue weighted by Crippen LogP contribution is -2.35. The molecular formula is C23H29N3O4. The summed E-state index contributed by atoms with van der Waals surface area (Å²) in [5.74, 6) is -1.72. The molecule has 0 spiro atoms. The van der Waals surface area contributed by atoms with E-state index in [1.54, 1.807) is 32.0 Å². The van der Waals surface area contributed by atoms with E-state index in [1.165, 1.54) is 0 Å². The van der Waals surface area contributed by atoms with Crippen LogP contribution >= 0.6 is 0 Å². The number of anilines is 1. The molecule has 7 heteroatoms. The SMILES string of the molecule is Cc1cc2c(n1-c1ccc(C(N)=O)c(N[C@H](C(=O)O)C(C)C)c1)CC(C)(C)CC2=O. The highest BCUT2D eigenvalue weighted by molar-refractivity contribution is 6.00. The number of benzene rings is 1. The lowest BCUT2D eigenvalue weighted by Gasteiger charge is -2.30. The Hall–Kier alpha value is -3.09. The number of carbonyl (C=O) groups excluding carboxylic acids is 2. The van der Waals surface area contributed by atoms with Crippen LogP contribution in [0.4, 0.5) is 5.69 Å². The Balaban J connectivity index is 2.14. The van der Waals surface area contributed by atoms with Crippen molar-refractivity contribution in [3.05, 3.63) is 46.8 Å². The number of fused-ring (bicyclic) bond motifs is 1. The number of carboxylic acid groups (broad SMARTS) is 1. The minimum atomic E-state index is -1.01. The first kappa shape index (κ1) is 21.6. The van der Waals surface area contributed by atoms with Gasteiger partial charge in [-0.15, -0.1) is 0 Å². The normalized spacial score (nSPS) is 16.3. The molecule has 2 aromatic rings. The van der Waals surface area contributed by atoms with Crippen LogP contribution in [-0.2, 0) is 11.2 Å². The zero-order chi connectivity index (χ0) is 22.4. The van der Waals surface area contributed by atoms with E-state index in [0.717, 1.165) is 29.1 Å². The summed E-state index contributed by atoms with van der Waals surface area (Å²) >= 11 is 0. The van der Waals surface area contributed by atoms with Gasteiger partial charge < -0.3 is 20.7 Å². The number of carbonyl (C=O) groups is 3. The van der Waals surface area contributed by atoms with Crippen LogP contribution in [0.15, 0.2) is 24.3 Å². The zero-order valence-electron chi connectivity index (χ0n) is 18.1. The third-order valence-corrected chi connectivity index (χ3v) is 5.64. The van der Waals surface area contributed by atoms with Crippen LogP contribution in [0.5, 0.6) is 0 Å². The molecule has 160 valence electrons. The van der Waals surface area contributed by atoms with E-state index in [-0.39, 0.29) is 22.7 Å². The second kappa shape index (κ2) is 7.63. The number of hydrogen-bond donors (Lipinski definition) is 3. The average Bonchev–Trinajstić information content (AvgIpc) is 2.93. The topological polar surface area (TPSA) is 114 Å². The number of aliphatic carboxylic acids is 1. The number of Topliss-reactive ketones (excluding diaryl/α,β-unsaturated/α-hetero) is 1. The highest BCUT2D eigenvalue weighted by Gasteiger charge is 2.34. The van der Waals surface area contributed by atoms with Crippen LogP contribution in [0.3, 0.4) is 0 Å². The van der Waals surface area contributed by atoms with Gasteiger partial charge in [0, 0.05) is 34.7 Å². The number of primary amides is 1. The Morgan fingerprint density at radius 3 is 2.43 bits per heavy atom. The molecule has 0 radical (unpaired) electrons. The lowest BCUT2D eigenvalue weighted by molar-refractivity contribution is -0.138. The quantitative estimate of drug-likeness (QED) is 0.672. The summed E-state index contributed by atoms with van der Waals surface area (Å²) in [4.78, 5) is 36.3. The fourth-order valence-electron chi connectivity index (χ4n) is 4.20. The number of rotatable bonds is 6. The summed E-state index contributed by atoms with van der Waals surface area (Å²) in [5, 5.41) is 12.5. The molecule has 1 heterocycles. The van der Waals surface area contributed by atoms with Crippen LogP contribution in [0, 0.1) is 18.3 Å². The summed E-state index contributed by atoms with van der Waals surface area (Å²) in [7, 11) is 0. The molecule has 1 amide bonds. The van der Waals surface area contributed by atoms with Gasteiger partial charge in [-0.3, -0.25) is 9.59 Å². The van der Waals surface area contributed by atoms with Crippen molar-refractivity contribution in [2.24, 2.45) is 17.1 Å². The molecule has 4 N–H and O–H groups in total. The van der Waals surface area contributed by atoms with E-state index in [1.807, 2.05) is 17.6 Å². The van der Waals surface area contributed by atoms with Crippen LogP contribution in [-0.4, -0.2) is 33.4 Å². The van der Waals surface area contributed by atoms with E-state index in [0.29, 0.717) is 12.1 Å². The maximum Gasteiger partial charge on any atom is 0.326 e. The van der Waals surface area contributed by atoms with Crippen LogP contribution in [0.25, 0.3) is 5.69 Å². The predicted octanol–water partition coefficient (Wildman–Crippen LogP) is 3.56. The largest absolute Gasteiger partial charge is 0.480 e. The van der Waals surface area contributed by atoms with Gasteiger partial charge in [-0.1, -0.05) is 27.7 Å². The molecule has 1 aromatic carbocycles. The smallest absolute Gasteiger partial charge is 0.326 e. The van der Waals surface area contributed by atoms with Gasteiger partial charge in [0.2, 0.25) is 0 Å². The van der Waals surface area contributed by atoms with Gasteiger partial charge >= 0.3 is 5.97 Å². The third kappa shape index (κ3) is 3.97. The highest BCUT2D eigenvalue weighted by Crippen LogP contribution is 2.38. The van der Waals surface area contributed by atoms with Gasteiger partial charge in [0.1, 0.15) is 6.04 Å². The summed E-state index contributed by atoms with van der Waals surface area (Å²) in [5.41, 5.74) is 9.29. The number of carboxylic acids is 1. The molecule has 0 fully saturated rings. The Labute approximate surface area is 176 Å². The molecule has 1 aromatic heterocycles. The molecule has 1 aliphatic rings. The zero-order valence-corrected chi connectivity index (χ0v) is 18.1. The van der Waals surface area contributed by atoms with Gasteiger partial charge in [-0.25, -0.2) is 4.79 Å². The summed E-state index contributed by atoms with van der Waals surface area (Å²) in [6, 6.07) is 6.13. The minimum Gasteiger partial charge on any atom is -0.480 e. The third-order valence-electron chi connectivity index (χ3n) is 5.64. The summed E-state index contributed by atoms with van der Waals surface area (Å²) in [6.07, 6.45) is 1.25.